The number of fused-ring (bicyclic) bond motifs is 1. The number of aromatic amines is 2. The van der Waals surface area contributed by atoms with Crippen molar-refractivity contribution in [2.45, 2.75) is 25.2 Å². The van der Waals surface area contributed by atoms with Gasteiger partial charge in [0, 0.05) is 6.54 Å². The van der Waals surface area contributed by atoms with Crippen LogP contribution in [0.2, 0.25) is 0 Å². The van der Waals surface area contributed by atoms with Gasteiger partial charge in [-0.2, -0.15) is 0 Å². The second-order valence-electron chi connectivity index (χ2n) is 4.02. The number of hydrogen-bond acceptors (Lipinski definition) is 6. The normalized spacial score (nSPS) is 21.9. The lowest BCUT2D eigenvalue weighted by molar-refractivity contribution is 0.0214. The summed E-state index contributed by atoms with van der Waals surface area (Å²) >= 11 is 0. The van der Waals surface area contributed by atoms with Gasteiger partial charge in [-0.3, -0.25) is 14.8 Å². The maximum atomic E-state index is 11.5. The van der Waals surface area contributed by atoms with Crippen molar-refractivity contribution in [2.75, 3.05) is 17.2 Å². The molecule has 0 aliphatic carbocycles. The van der Waals surface area contributed by atoms with Crippen molar-refractivity contribution < 1.29 is 10.2 Å². The molecule has 94 valence electrons. The summed E-state index contributed by atoms with van der Waals surface area (Å²) in [5.74, 6) is 0.285. The summed E-state index contributed by atoms with van der Waals surface area (Å²) < 4.78 is 0. The average molecular weight is 242 g/mol. The number of aliphatic hydroxyl groups is 2. The average Bonchev–Trinajstić information content (AvgIpc) is 2.27. The standard InChI is InChI=1S/C9H14N4O4/c1-3(14)6(15)4-2-10-7-5(11-4)8(16)13-9(17)12-7/h3-4,6,11,14-15H,2H2,1H3,(H3,10,12,13,16,17)/t3-,4+,6-/m0/s1. The molecule has 1 aromatic heterocycles. The largest absolute Gasteiger partial charge is 0.391 e. The molecule has 0 fully saturated rings. The Hall–Kier alpha value is -1.80. The molecule has 0 bridgehead atoms. The van der Waals surface area contributed by atoms with E-state index in [4.69, 9.17) is 0 Å². The molecule has 1 aliphatic rings. The van der Waals surface area contributed by atoms with E-state index >= 15 is 0 Å². The highest BCUT2D eigenvalue weighted by Crippen LogP contribution is 2.19. The Balaban J connectivity index is 2.31. The van der Waals surface area contributed by atoms with E-state index in [1.54, 1.807) is 0 Å². The molecule has 0 amide bonds. The van der Waals surface area contributed by atoms with E-state index in [1.807, 2.05) is 0 Å². The van der Waals surface area contributed by atoms with Crippen molar-refractivity contribution in [3.05, 3.63) is 20.8 Å². The molecule has 17 heavy (non-hydrogen) atoms. The summed E-state index contributed by atoms with van der Waals surface area (Å²) in [6.07, 6.45) is -1.93. The van der Waals surface area contributed by atoms with E-state index in [0.29, 0.717) is 6.54 Å². The lowest BCUT2D eigenvalue weighted by Crippen LogP contribution is -2.49. The van der Waals surface area contributed by atoms with Gasteiger partial charge in [0.1, 0.15) is 17.6 Å². The zero-order valence-corrected chi connectivity index (χ0v) is 9.15. The Kier molecular flexibility index (Phi) is 2.90. The second kappa shape index (κ2) is 4.22. The molecule has 0 aromatic carbocycles. The number of hydrogen-bond donors (Lipinski definition) is 6. The lowest BCUT2D eigenvalue weighted by atomic mass is 10.0. The van der Waals surface area contributed by atoms with Crippen LogP contribution in [0.1, 0.15) is 6.92 Å². The van der Waals surface area contributed by atoms with Crippen molar-refractivity contribution in [1.82, 2.24) is 9.97 Å². The molecule has 6 N–H and O–H groups in total. The first-order chi connectivity index (χ1) is 7.99. The molecule has 2 rings (SSSR count). The molecular formula is C9H14N4O4. The highest BCUT2D eigenvalue weighted by atomic mass is 16.3. The first-order valence-corrected chi connectivity index (χ1v) is 5.22. The van der Waals surface area contributed by atoms with Crippen LogP contribution in [-0.4, -0.2) is 45.0 Å². The Morgan fingerprint density at radius 3 is 2.65 bits per heavy atom. The minimum absolute atomic E-state index is 0.153. The number of anilines is 2. The van der Waals surface area contributed by atoms with Crippen molar-refractivity contribution in [3.63, 3.8) is 0 Å². The first kappa shape index (κ1) is 11.7. The predicted molar refractivity (Wildman–Crippen MR) is 61.3 cm³/mol. The van der Waals surface area contributed by atoms with Gasteiger partial charge in [0.2, 0.25) is 0 Å². The third-order valence-corrected chi connectivity index (χ3v) is 2.68. The minimum atomic E-state index is -1.01. The van der Waals surface area contributed by atoms with Crippen LogP contribution in [0.3, 0.4) is 0 Å². The Morgan fingerprint density at radius 1 is 1.29 bits per heavy atom. The molecule has 0 radical (unpaired) electrons. The van der Waals surface area contributed by atoms with Gasteiger partial charge in [0.15, 0.2) is 0 Å². The SMILES string of the molecule is C[C@H](O)[C@H](O)[C@H]1CNc2[nH]c(=O)[nH]c(=O)c2N1. The summed E-state index contributed by atoms with van der Waals surface area (Å²) in [6, 6.07) is -0.505. The minimum Gasteiger partial charge on any atom is -0.391 e. The fraction of sp³-hybridized carbons (Fsp3) is 0.556. The molecule has 0 saturated heterocycles. The maximum absolute atomic E-state index is 11.5. The van der Waals surface area contributed by atoms with Crippen LogP contribution in [0.25, 0.3) is 0 Å². The van der Waals surface area contributed by atoms with Gasteiger partial charge in [-0.25, -0.2) is 4.79 Å². The lowest BCUT2D eigenvalue weighted by Gasteiger charge is -2.31. The molecule has 0 spiro atoms. The van der Waals surface area contributed by atoms with Gasteiger partial charge in [0.05, 0.1) is 12.1 Å². The molecule has 8 heteroatoms. The van der Waals surface area contributed by atoms with Crippen LogP contribution < -0.4 is 21.9 Å². The van der Waals surface area contributed by atoms with E-state index in [0.717, 1.165) is 0 Å². The maximum Gasteiger partial charge on any atom is 0.327 e. The van der Waals surface area contributed by atoms with Gasteiger partial charge >= 0.3 is 5.69 Å². The van der Waals surface area contributed by atoms with Crippen LogP contribution in [0.5, 0.6) is 0 Å². The second-order valence-corrected chi connectivity index (χ2v) is 4.02. The monoisotopic (exact) mass is 242 g/mol. The zero-order chi connectivity index (χ0) is 12.6. The zero-order valence-electron chi connectivity index (χ0n) is 9.15. The van der Waals surface area contributed by atoms with Crippen LogP contribution in [-0.2, 0) is 0 Å². The van der Waals surface area contributed by atoms with Crippen molar-refractivity contribution in [1.29, 1.82) is 0 Å². The molecular weight excluding hydrogens is 228 g/mol. The molecule has 8 nitrogen and oxygen atoms in total. The van der Waals surface area contributed by atoms with Crippen LogP contribution in [0.4, 0.5) is 11.5 Å². The number of nitrogens with one attached hydrogen (secondary N) is 4. The Labute approximate surface area is 95.7 Å². The highest BCUT2D eigenvalue weighted by Gasteiger charge is 2.28. The smallest absolute Gasteiger partial charge is 0.327 e. The number of H-pyrrole nitrogens is 2. The van der Waals surface area contributed by atoms with Crippen LogP contribution in [0, 0.1) is 0 Å². The van der Waals surface area contributed by atoms with Crippen LogP contribution >= 0.6 is 0 Å². The van der Waals surface area contributed by atoms with E-state index in [2.05, 4.69) is 20.6 Å². The van der Waals surface area contributed by atoms with E-state index in [9.17, 15) is 19.8 Å². The molecule has 2 heterocycles. The third kappa shape index (κ3) is 2.17. The van der Waals surface area contributed by atoms with Crippen LogP contribution in [0.15, 0.2) is 9.59 Å². The van der Waals surface area contributed by atoms with E-state index in [-0.39, 0.29) is 11.5 Å². The molecule has 0 unspecified atom stereocenters. The number of aliphatic hydroxyl groups excluding tert-OH is 2. The fourth-order valence-corrected chi connectivity index (χ4v) is 1.75. The summed E-state index contributed by atoms with van der Waals surface area (Å²) in [5.41, 5.74) is -1.02. The topological polar surface area (TPSA) is 130 Å². The number of rotatable bonds is 2. The Bertz CT molecular complexity index is 520. The summed E-state index contributed by atoms with van der Waals surface area (Å²) in [7, 11) is 0. The van der Waals surface area contributed by atoms with Gasteiger partial charge in [0.25, 0.3) is 5.56 Å². The van der Waals surface area contributed by atoms with Gasteiger partial charge in [-0.1, -0.05) is 0 Å². The van der Waals surface area contributed by atoms with Crippen molar-refractivity contribution in [2.24, 2.45) is 0 Å². The van der Waals surface area contributed by atoms with Gasteiger partial charge in [-0.15, -0.1) is 0 Å². The quantitative estimate of drug-likeness (QED) is 0.356. The van der Waals surface area contributed by atoms with Crippen molar-refractivity contribution in [3.8, 4) is 0 Å². The van der Waals surface area contributed by atoms with Gasteiger partial charge in [-0.05, 0) is 6.92 Å². The Morgan fingerprint density at radius 2 is 2.00 bits per heavy atom. The van der Waals surface area contributed by atoms with Gasteiger partial charge < -0.3 is 20.8 Å². The third-order valence-electron chi connectivity index (χ3n) is 2.68. The van der Waals surface area contributed by atoms with E-state index in [1.165, 1.54) is 6.92 Å². The molecule has 1 aliphatic heterocycles. The van der Waals surface area contributed by atoms with Crippen molar-refractivity contribution >= 4 is 11.5 Å². The number of aromatic nitrogens is 2. The predicted octanol–water partition coefficient (Wildman–Crippen LogP) is -1.99. The highest BCUT2D eigenvalue weighted by molar-refractivity contribution is 5.65. The summed E-state index contributed by atoms with van der Waals surface area (Å²) in [4.78, 5) is 27.0. The summed E-state index contributed by atoms with van der Waals surface area (Å²) in [6.45, 7) is 1.75. The summed E-state index contributed by atoms with van der Waals surface area (Å²) in [5, 5.41) is 24.6. The molecule has 3 atom stereocenters. The molecule has 0 saturated carbocycles. The first-order valence-electron chi connectivity index (χ1n) is 5.22. The molecule has 1 aromatic rings. The van der Waals surface area contributed by atoms with E-state index < -0.39 is 29.5 Å². The fourth-order valence-electron chi connectivity index (χ4n) is 1.75.